The van der Waals surface area contributed by atoms with E-state index in [1.165, 1.54) is 19.3 Å². The van der Waals surface area contributed by atoms with Gasteiger partial charge in [-0.1, -0.05) is 0 Å². The summed E-state index contributed by atoms with van der Waals surface area (Å²) in [6.45, 7) is 1.02. The van der Waals surface area contributed by atoms with Gasteiger partial charge < -0.3 is 14.8 Å². The first-order valence-corrected chi connectivity index (χ1v) is 7.14. The molecule has 0 aromatic carbocycles. The molecule has 1 heterocycles. The van der Waals surface area contributed by atoms with Crippen LogP contribution in [0.4, 0.5) is 0 Å². The molecule has 3 aliphatic carbocycles. The number of carbonyl (C=O) groups is 1. The third-order valence-corrected chi connectivity index (χ3v) is 5.26. The van der Waals surface area contributed by atoms with Gasteiger partial charge in [-0.3, -0.25) is 4.79 Å². The molecule has 1 saturated heterocycles. The van der Waals surface area contributed by atoms with Crippen LogP contribution in [0.3, 0.4) is 0 Å². The molecule has 0 unspecified atom stereocenters. The summed E-state index contributed by atoms with van der Waals surface area (Å²) in [5, 5.41) is 3.31. The number of carbonyl (C=O) groups excluding carboxylic acids is 1. The van der Waals surface area contributed by atoms with Crippen LogP contribution < -0.4 is 5.32 Å². The van der Waals surface area contributed by atoms with Crippen molar-refractivity contribution in [2.45, 2.75) is 56.1 Å². The Morgan fingerprint density at radius 3 is 2.39 bits per heavy atom. The molecular formula is C14H23NO3. The van der Waals surface area contributed by atoms with Crippen molar-refractivity contribution in [2.75, 3.05) is 20.3 Å². The quantitative estimate of drug-likeness (QED) is 0.831. The molecule has 102 valence electrons. The Labute approximate surface area is 108 Å². The second-order valence-corrected chi connectivity index (χ2v) is 6.22. The maximum Gasteiger partial charge on any atom is 0.255 e. The van der Waals surface area contributed by atoms with E-state index in [0.717, 1.165) is 25.2 Å². The molecule has 4 fully saturated rings. The van der Waals surface area contributed by atoms with Gasteiger partial charge in [-0.05, 0) is 44.4 Å². The molecule has 18 heavy (non-hydrogen) atoms. The number of nitrogens with one attached hydrogen (secondary N) is 1. The zero-order valence-corrected chi connectivity index (χ0v) is 11.2. The predicted octanol–water partition coefficient (Wildman–Crippen LogP) is 1.63. The molecule has 4 heteroatoms. The van der Waals surface area contributed by atoms with E-state index in [9.17, 15) is 4.79 Å². The van der Waals surface area contributed by atoms with Crippen molar-refractivity contribution in [3.05, 3.63) is 0 Å². The Balaban J connectivity index is 1.70. The molecule has 1 N–H and O–H groups in total. The summed E-state index contributed by atoms with van der Waals surface area (Å²) in [7, 11) is 1.61. The Bertz CT molecular complexity index is 314. The summed E-state index contributed by atoms with van der Waals surface area (Å²) in [6.07, 6.45) is 7.93. The molecular weight excluding hydrogens is 230 g/mol. The fourth-order valence-electron chi connectivity index (χ4n) is 3.77. The van der Waals surface area contributed by atoms with Crippen molar-refractivity contribution in [1.82, 2.24) is 5.32 Å². The lowest BCUT2D eigenvalue weighted by Crippen LogP contribution is -2.60. The molecule has 0 radical (unpaired) electrons. The highest BCUT2D eigenvalue weighted by Gasteiger charge is 2.48. The van der Waals surface area contributed by atoms with Crippen LogP contribution in [-0.2, 0) is 14.3 Å². The van der Waals surface area contributed by atoms with Crippen molar-refractivity contribution in [3.8, 4) is 0 Å². The van der Waals surface area contributed by atoms with Crippen molar-refractivity contribution < 1.29 is 14.3 Å². The summed E-state index contributed by atoms with van der Waals surface area (Å²) >= 11 is 0. The minimum Gasteiger partial charge on any atom is -0.378 e. The van der Waals surface area contributed by atoms with Crippen molar-refractivity contribution >= 4 is 5.91 Å². The van der Waals surface area contributed by atoms with Gasteiger partial charge in [0, 0.05) is 19.1 Å². The highest BCUT2D eigenvalue weighted by molar-refractivity contribution is 5.86. The fraction of sp³-hybridized carbons (Fsp3) is 0.929. The van der Waals surface area contributed by atoms with E-state index in [1.807, 2.05) is 0 Å². The first-order chi connectivity index (χ1) is 8.68. The Morgan fingerprint density at radius 1 is 1.22 bits per heavy atom. The lowest BCUT2D eigenvalue weighted by Gasteiger charge is -2.48. The van der Waals surface area contributed by atoms with Crippen LogP contribution in [0.15, 0.2) is 0 Å². The Morgan fingerprint density at radius 2 is 1.89 bits per heavy atom. The molecule has 2 bridgehead atoms. The molecule has 4 aliphatic rings. The number of ether oxygens (including phenoxy) is 2. The van der Waals surface area contributed by atoms with Crippen LogP contribution >= 0.6 is 0 Å². The molecule has 3 saturated carbocycles. The second kappa shape index (κ2) is 4.49. The standard InChI is InChI=1S/C14H23NO3/c1-17-14(8-9-18-10-14)12(16)15-13-5-2-11(3-6-13)4-7-13/h11H,2-10H2,1H3,(H,15,16)/t11?,13?,14-/m0/s1. The average Bonchev–Trinajstić information content (AvgIpc) is 2.90. The SMILES string of the molecule is CO[C@@]1(C(=O)NC23CCC(CC2)CC3)CCOC1. The molecule has 4 nitrogen and oxygen atoms in total. The highest BCUT2D eigenvalue weighted by atomic mass is 16.6. The summed E-state index contributed by atoms with van der Waals surface area (Å²) in [6, 6.07) is 0. The van der Waals surface area contributed by atoms with Crippen molar-refractivity contribution in [2.24, 2.45) is 5.92 Å². The number of hydrogen-bond acceptors (Lipinski definition) is 3. The van der Waals surface area contributed by atoms with Gasteiger partial charge in [0.2, 0.25) is 0 Å². The van der Waals surface area contributed by atoms with Gasteiger partial charge in [0.15, 0.2) is 5.60 Å². The molecule has 1 aliphatic heterocycles. The van der Waals surface area contributed by atoms with Gasteiger partial charge in [-0.25, -0.2) is 0 Å². The van der Waals surface area contributed by atoms with E-state index >= 15 is 0 Å². The molecule has 0 spiro atoms. The summed E-state index contributed by atoms with van der Waals surface area (Å²) in [5.41, 5.74) is -0.678. The first-order valence-electron chi connectivity index (χ1n) is 7.14. The third kappa shape index (κ3) is 1.95. The Kier molecular flexibility index (Phi) is 3.10. The highest BCUT2D eigenvalue weighted by Crippen LogP contribution is 2.44. The van der Waals surface area contributed by atoms with Gasteiger partial charge >= 0.3 is 0 Å². The number of hydrogen-bond donors (Lipinski definition) is 1. The monoisotopic (exact) mass is 253 g/mol. The van der Waals surface area contributed by atoms with Crippen LogP contribution in [-0.4, -0.2) is 37.4 Å². The van der Waals surface area contributed by atoms with E-state index in [2.05, 4.69) is 5.32 Å². The van der Waals surface area contributed by atoms with Gasteiger partial charge in [0.05, 0.1) is 13.2 Å². The predicted molar refractivity (Wildman–Crippen MR) is 67.2 cm³/mol. The average molecular weight is 253 g/mol. The summed E-state index contributed by atoms with van der Waals surface area (Å²) in [5.74, 6) is 0.956. The van der Waals surface area contributed by atoms with Crippen LogP contribution in [0.25, 0.3) is 0 Å². The van der Waals surface area contributed by atoms with Gasteiger partial charge in [-0.2, -0.15) is 0 Å². The van der Waals surface area contributed by atoms with Crippen LogP contribution in [0.5, 0.6) is 0 Å². The normalized spacial score (nSPS) is 43.1. The fourth-order valence-corrected chi connectivity index (χ4v) is 3.77. The van der Waals surface area contributed by atoms with E-state index in [0.29, 0.717) is 19.6 Å². The first kappa shape index (κ1) is 12.4. The van der Waals surface area contributed by atoms with Crippen LogP contribution in [0, 0.1) is 5.92 Å². The number of rotatable bonds is 3. The zero-order chi connectivity index (χ0) is 12.6. The van der Waals surface area contributed by atoms with Crippen molar-refractivity contribution in [1.29, 1.82) is 0 Å². The number of amides is 1. The third-order valence-electron chi connectivity index (χ3n) is 5.26. The number of methoxy groups -OCH3 is 1. The van der Waals surface area contributed by atoms with E-state index < -0.39 is 5.60 Å². The zero-order valence-electron chi connectivity index (χ0n) is 11.2. The number of fused-ring (bicyclic) bond motifs is 3. The van der Waals surface area contributed by atoms with Gasteiger partial charge in [0.1, 0.15) is 0 Å². The van der Waals surface area contributed by atoms with Gasteiger partial charge in [-0.15, -0.1) is 0 Å². The van der Waals surface area contributed by atoms with Crippen molar-refractivity contribution in [3.63, 3.8) is 0 Å². The van der Waals surface area contributed by atoms with Crippen LogP contribution in [0.2, 0.25) is 0 Å². The minimum absolute atomic E-state index is 0.0443. The lowest BCUT2D eigenvalue weighted by atomic mass is 9.65. The maximum atomic E-state index is 12.5. The van der Waals surface area contributed by atoms with Gasteiger partial charge in [0.25, 0.3) is 5.91 Å². The summed E-state index contributed by atoms with van der Waals surface area (Å²) < 4.78 is 10.8. The molecule has 0 aromatic heterocycles. The Hall–Kier alpha value is -0.610. The molecule has 1 amide bonds. The van der Waals surface area contributed by atoms with E-state index in [-0.39, 0.29) is 11.4 Å². The molecule has 4 rings (SSSR count). The maximum absolute atomic E-state index is 12.5. The summed E-state index contributed by atoms with van der Waals surface area (Å²) in [4.78, 5) is 12.5. The molecule has 0 aromatic rings. The van der Waals surface area contributed by atoms with Crippen LogP contribution in [0.1, 0.15) is 44.9 Å². The van der Waals surface area contributed by atoms with E-state index in [1.54, 1.807) is 7.11 Å². The smallest absolute Gasteiger partial charge is 0.255 e. The molecule has 1 atom stereocenters. The largest absolute Gasteiger partial charge is 0.378 e. The second-order valence-electron chi connectivity index (χ2n) is 6.22. The minimum atomic E-state index is -0.733. The lowest BCUT2D eigenvalue weighted by molar-refractivity contribution is -0.147. The van der Waals surface area contributed by atoms with E-state index in [4.69, 9.17) is 9.47 Å². The topological polar surface area (TPSA) is 47.6 Å².